The molecule has 1 aliphatic heterocycles. The third kappa shape index (κ3) is 11.3. The van der Waals surface area contributed by atoms with Crippen molar-refractivity contribution in [1.29, 1.82) is 0 Å². The number of carbonyl (C=O) groups is 2. The zero-order valence-corrected chi connectivity index (χ0v) is 26.6. The highest BCUT2D eigenvalue weighted by Gasteiger charge is 2.24. The summed E-state index contributed by atoms with van der Waals surface area (Å²) in [5, 5.41) is 6.48. The Morgan fingerprint density at radius 3 is 2.43 bits per heavy atom. The van der Waals surface area contributed by atoms with E-state index in [-0.39, 0.29) is 12.1 Å². The summed E-state index contributed by atoms with van der Waals surface area (Å²) in [4.78, 5) is 38.7. The number of methoxy groups -OCH3 is 1. The lowest BCUT2D eigenvalue weighted by Gasteiger charge is -2.33. The Balaban J connectivity index is 1.70. The van der Waals surface area contributed by atoms with E-state index in [9.17, 15) is 9.59 Å². The maximum absolute atomic E-state index is 12.1. The summed E-state index contributed by atoms with van der Waals surface area (Å²) in [6, 6.07) is 8.29. The molecule has 10 heteroatoms. The Kier molecular flexibility index (Phi) is 12.7. The van der Waals surface area contributed by atoms with Gasteiger partial charge in [0, 0.05) is 58.1 Å². The number of esters is 1. The summed E-state index contributed by atoms with van der Waals surface area (Å²) in [7, 11) is 1.38. The molecule has 1 atom stereocenters. The summed E-state index contributed by atoms with van der Waals surface area (Å²) in [5.41, 5.74) is 5.04. The van der Waals surface area contributed by atoms with Gasteiger partial charge in [0.2, 0.25) is 0 Å². The SMILES string of the molecule is COC(=O)c1cc(C)cc(CN2CCNCCN([C@@H](CCCCNC(=O)OC(C)(C)C)c3cc(C)cc(C)n3)CC2)n1. The molecular weight excluding hydrogens is 532 g/mol. The van der Waals surface area contributed by atoms with Crippen molar-refractivity contribution >= 4 is 12.1 Å². The maximum Gasteiger partial charge on any atom is 0.407 e. The first-order chi connectivity index (χ1) is 19.9. The van der Waals surface area contributed by atoms with Crippen molar-refractivity contribution in [3.8, 4) is 0 Å². The van der Waals surface area contributed by atoms with E-state index in [1.54, 1.807) is 6.07 Å². The van der Waals surface area contributed by atoms with Crippen LogP contribution in [0, 0.1) is 20.8 Å². The molecule has 0 unspecified atom stereocenters. The van der Waals surface area contributed by atoms with E-state index in [2.05, 4.69) is 51.4 Å². The van der Waals surface area contributed by atoms with Crippen LogP contribution in [-0.4, -0.2) is 90.4 Å². The van der Waals surface area contributed by atoms with E-state index in [1.165, 1.54) is 12.7 Å². The second kappa shape index (κ2) is 16.0. The number of hydrogen-bond acceptors (Lipinski definition) is 9. The van der Waals surface area contributed by atoms with Gasteiger partial charge in [-0.1, -0.05) is 0 Å². The molecule has 2 N–H and O–H groups in total. The smallest absolute Gasteiger partial charge is 0.407 e. The van der Waals surface area contributed by atoms with Crippen LogP contribution in [0.1, 0.15) is 84.8 Å². The molecule has 0 radical (unpaired) electrons. The number of unbranched alkanes of at least 4 members (excludes halogenated alkanes) is 1. The molecule has 10 nitrogen and oxygen atoms in total. The molecule has 0 aliphatic carbocycles. The fourth-order valence-corrected chi connectivity index (χ4v) is 5.33. The number of ether oxygens (including phenoxy) is 2. The number of rotatable bonds is 10. The average molecular weight is 583 g/mol. The minimum atomic E-state index is -0.505. The van der Waals surface area contributed by atoms with Gasteiger partial charge in [-0.3, -0.25) is 14.8 Å². The van der Waals surface area contributed by atoms with Crippen molar-refractivity contribution in [2.75, 3.05) is 52.9 Å². The number of hydrogen-bond donors (Lipinski definition) is 2. The number of alkyl carbamates (subject to hydrolysis) is 1. The van der Waals surface area contributed by atoms with Crippen molar-refractivity contribution in [2.24, 2.45) is 0 Å². The van der Waals surface area contributed by atoms with Gasteiger partial charge in [-0.2, -0.15) is 0 Å². The van der Waals surface area contributed by atoms with E-state index < -0.39 is 11.6 Å². The van der Waals surface area contributed by atoms with Crippen LogP contribution < -0.4 is 10.6 Å². The third-order valence-corrected chi connectivity index (χ3v) is 7.16. The molecule has 0 bridgehead atoms. The fraction of sp³-hybridized carbons (Fsp3) is 0.625. The van der Waals surface area contributed by atoms with Gasteiger partial charge in [0.1, 0.15) is 11.3 Å². The van der Waals surface area contributed by atoms with Gasteiger partial charge in [0.15, 0.2) is 0 Å². The van der Waals surface area contributed by atoms with Gasteiger partial charge in [-0.05, 0) is 96.2 Å². The summed E-state index contributed by atoms with van der Waals surface area (Å²) < 4.78 is 10.3. The second-order valence-electron chi connectivity index (χ2n) is 12.2. The van der Waals surface area contributed by atoms with Gasteiger partial charge in [0.05, 0.1) is 24.5 Å². The lowest BCUT2D eigenvalue weighted by molar-refractivity contribution is 0.0525. The van der Waals surface area contributed by atoms with Gasteiger partial charge < -0.3 is 20.1 Å². The third-order valence-electron chi connectivity index (χ3n) is 7.16. The second-order valence-corrected chi connectivity index (χ2v) is 12.2. The van der Waals surface area contributed by atoms with Crippen molar-refractivity contribution in [3.63, 3.8) is 0 Å². The van der Waals surface area contributed by atoms with Gasteiger partial charge in [-0.15, -0.1) is 0 Å². The van der Waals surface area contributed by atoms with Crippen LogP contribution in [0.2, 0.25) is 0 Å². The van der Waals surface area contributed by atoms with E-state index in [0.717, 1.165) is 81.2 Å². The normalized spacial score (nSPS) is 16.2. The van der Waals surface area contributed by atoms with Crippen LogP contribution in [0.4, 0.5) is 4.79 Å². The predicted octanol–water partition coefficient (Wildman–Crippen LogP) is 4.33. The van der Waals surface area contributed by atoms with E-state index in [4.69, 9.17) is 14.5 Å². The van der Waals surface area contributed by atoms with Crippen molar-refractivity contribution in [2.45, 2.75) is 79.0 Å². The first kappa shape index (κ1) is 33.4. The number of aryl methyl sites for hydroxylation is 3. The summed E-state index contributed by atoms with van der Waals surface area (Å²) >= 11 is 0. The minimum absolute atomic E-state index is 0.162. The van der Waals surface area contributed by atoms with Crippen LogP contribution in [0.5, 0.6) is 0 Å². The van der Waals surface area contributed by atoms with Gasteiger partial charge in [0.25, 0.3) is 0 Å². The lowest BCUT2D eigenvalue weighted by atomic mass is 10.0. The molecule has 0 spiro atoms. The zero-order valence-electron chi connectivity index (χ0n) is 26.6. The van der Waals surface area contributed by atoms with Crippen LogP contribution >= 0.6 is 0 Å². The summed E-state index contributed by atoms with van der Waals surface area (Å²) in [6.07, 6.45) is 2.38. The van der Waals surface area contributed by atoms with E-state index in [0.29, 0.717) is 18.8 Å². The van der Waals surface area contributed by atoms with Crippen LogP contribution in [0.3, 0.4) is 0 Å². The van der Waals surface area contributed by atoms with Crippen molar-refractivity contribution < 1.29 is 19.1 Å². The van der Waals surface area contributed by atoms with Gasteiger partial charge >= 0.3 is 12.1 Å². The molecule has 0 saturated carbocycles. The molecule has 1 amide bonds. The summed E-state index contributed by atoms with van der Waals surface area (Å²) in [6.45, 7) is 18.3. The molecule has 232 valence electrons. The zero-order chi connectivity index (χ0) is 30.7. The highest BCUT2D eigenvalue weighted by molar-refractivity contribution is 5.87. The van der Waals surface area contributed by atoms with Crippen molar-refractivity contribution in [1.82, 2.24) is 30.4 Å². The van der Waals surface area contributed by atoms with E-state index >= 15 is 0 Å². The van der Waals surface area contributed by atoms with E-state index in [1.807, 2.05) is 33.8 Å². The quantitative estimate of drug-likeness (QED) is 0.313. The summed E-state index contributed by atoms with van der Waals surface area (Å²) in [5.74, 6) is -0.414. The van der Waals surface area contributed by atoms with Crippen LogP contribution in [0.25, 0.3) is 0 Å². The van der Waals surface area contributed by atoms with Crippen LogP contribution in [0.15, 0.2) is 24.3 Å². The highest BCUT2D eigenvalue weighted by Crippen LogP contribution is 2.26. The number of amides is 1. The Morgan fingerprint density at radius 1 is 0.976 bits per heavy atom. The standard InChI is InChI=1S/C32H50N6O4/c1-23-18-25(3)35-27(20-23)29(10-8-9-11-34-31(40)42-32(4,5)6)38-15-13-33-12-14-37(16-17-38)22-26-19-24(2)21-28(36-26)30(39)41-7/h18-21,29,33H,8-17,22H2,1-7H3,(H,34,40)/t29-/m0/s1. The predicted molar refractivity (Wildman–Crippen MR) is 165 cm³/mol. The lowest BCUT2D eigenvalue weighted by Crippen LogP contribution is -2.38. The molecule has 2 aromatic rings. The number of pyridine rings is 2. The monoisotopic (exact) mass is 582 g/mol. The average Bonchev–Trinajstić information content (AvgIpc) is 3.00. The topological polar surface area (TPSA) is 109 Å². The first-order valence-electron chi connectivity index (χ1n) is 15.1. The maximum atomic E-state index is 12.1. The van der Waals surface area contributed by atoms with Gasteiger partial charge in [-0.25, -0.2) is 14.6 Å². The Hall–Kier alpha value is -3.08. The minimum Gasteiger partial charge on any atom is -0.464 e. The molecule has 3 rings (SSSR count). The Bertz CT molecular complexity index is 1160. The molecule has 42 heavy (non-hydrogen) atoms. The number of nitrogens with one attached hydrogen (secondary N) is 2. The largest absolute Gasteiger partial charge is 0.464 e. The van der Waals surface area contributed by atoms with Crippen LogP contribution in [-0.2, 0) is 16.0 Å². The molecule has 2 aromatic heterocycles. The van der Waals surface area contributed by atoms with Crippen molar-refractivity contribution in [3.05, 3.63) is 58.2 Å². The first-order valence-corrected chi connectivity index (χ1v) is 15.1. The highest BCUT2D eigenvalue weighted by atomic mass is 16.6. The fourth-order valence-electron chi connectivity index (χ4n) is 5.33. The molecule has 1 saturated heterocycles. The number of carbonyl (C=O) groups excluding carboxylic acids is 2. The molecule has 3 heterocycles. The molecule has 0 aromatic carbocycles. The Morgan fingerprint density at radius 2 is 1.71 bits per heavy atom. The molecule has 1 fully saturated rings. The molecule has 1 aliphatic rings. The number of aromatic nitrogens is 2. The Labute approximate surface area is 251 Å². The molecular formula is C32H50N6O4. The number of nitrogens with zero attached hydrogens (tertiary/aromatic N) is 4.